The van der Waals surface area contributed by atoms with Crippen LogP contribution in [0.25, 0.3) is 11.3 Å². The van der Waals surface area contributed by atoms with Gasteiger partial charge in [-0.2, -0.15) is 10.1 Å². The zero-order chi connectivity index (χ0) is 19.3. The van der Waals surface area contributed by atoms with Crippen LogP contribution in [0, 0.1) is 5.92 Å². The van der Waals surface area contributed by atoms with Crippen LogP contribution in [0.3, 0.4) is 0 Å². The van der Waals surface area contributed by atoms with Gasteiger partial charge in [0.25, 0.3) is 5.56 Å². The minimum atomic E-state index is -0.0821. The average molecular weight is 382 g/mol. The molecule has 0 saturated carbocycles. The standard InChI is InChI=1S/C19H22N6O3/c1-27-13-17-21-19(28-23-17)24-10-6-14(7-11-24)12-25-18(26)3-2-16(22-25)15-4-8-20-9-5-15/h2-5,8-9,14H,6-7,10-13H2,1H3. The quantitative estimate of drug-likeness (QED) is 0.636. The zero-order valence-electron chi connectivity index (χ0n) is 15.7. The lowest BCUT2D eigenvalue weighted by molar-refractivity contribution is 0.174. The van der Waals surface area contributed by atoms with Crippen LogP contribution in [0.1, 0.15) is 18.7 Å². The first-order valence-corrected chi connectivity index (χ1v) is 9.28. The first-order valence-electron chi connectivity index (χ1n) is 9.28. The van der Waals surface area contributed by atoms with Crippen molar-refractivity contribution < 1.29 is 9.26 Å². The molecule has 3 aromatic heterocycles. The Morgan fingerprint density at radius 2 is 1.96 bits per heavy atom. The topological polar surface area (TPSA) is 99.2 Å². The third-order valence-corrected chi connectivity index (χ3v) is 4.89. The van der Waals surface area contributed by atoms with Gasteiger partial charge in [0.1, 0.15) is 6.61 Å². The predicted octanol–water partition coefficient (Wildman–Crippen LogP) is 1.75. The number of aromatic nitrogens is 5. The van der Waals surface area contributed by atoms with Crippen LogP contribution in [-0.2, 0) is 17.9 Å². The highest BCUT2D eigenvalue weighted by atomic mass is 16.5. The lowest BCUT2D eigenvalue weighted by atomic mass is 9.97. The molecule has 0 aromatic carbocycles. The van der Waals surface area contributed by atoms with Crippen LogP contribution < -0.4 is 10.5 Å². The summed E-state index contributed by atoms with van der Waals surface area (Å²) in [6, 6.07) is 7.63. The van der Waals surface area contributed by atoms with Crippen LogP contribution in [0.4, 0.5) is 6.01 Å². The van der Waals surface area contributed by atoms with E-state index >= 15 is 0 Å². The second-order valence-electron chi connectivity index (χ2n) is 6.83. The maximum absolute atomic E-state index is 12.3. The van der Waals surface area contributed by atoms with Crippen LogP contribution >= 0.6 is 0 Å². The van der Waals surface area contributed by atoms with Gasteiger partial charge in [-0.1, -0.05) is 5.16 Å². The van der Waals surface area contributed by atoms with E-state index in [1.54, 1.807) is 36.3 Å². The van der Waals surface area contributed by atoms with E-state index in [9.17, 15) is 4.79 Å². The summed E-state index contributed by atoms with van der Waals surface area (Å²) in [6.45, 7) is 2.54. The van der Waals surface area contributed by atoms with Gasteiger partial charge in [0, 0.05) is 50.8 Å². The minimum Gasteiger partial charge on any atom is -0.377 e. The number of anilines is 1. The molecule has 1 aliphatic heterocycles. The summed E-state index contributed by atoms with van der Waals surface area (Å²) < 4.78 is 11.9. The highest BCUT2D eigenvalue weighted by molar-refractivity contribution is 5.56. The molecule has 0 unspecified atom stereocenters. The normalized spacial score (nSPS) is 15.1. The third kappa shape index (κ3) is 4.09. The molecule has 0 aliphatic carbocycles. The Kier molecular flexibility index (Phi) is 5.43. The molecule has 146 valence electrons. The monoisotopic (exact) mass is 382 g/mol. The van der Waals surface area contributed by atoms with Gasteiger partial charge in [-0.05, 0) is 37.0 Å². The first kappa shape index (κ1) is 18.3. The summed E-state index contributed by atoms with van der Waals surface area (Å²) in [7, 11) is 1.60. The van der Waals surface area contributed by atoms with Gasteiger partial charge in [0.2, 0.25) is 0 Å². The molecular formula is C19H22N6O3. The van der Waals surface area contributed by atoms with Gasteiger partial charge in [-0.25, -0.2) is 4.68 Å². The van der Waals surface area contributed by atoms with Crippen molar-refractivity contribution in [1.82, 2.24) is 24.9 Å². The van der Waals surface area contributed by atoms with Crippen molar-refractivity contribution in [2.24, 2.45) is 5.92 Å². The smallest absolute Gasteiger partial charge is 0.324 e. The van der Waals surface area contributed by atoms with Crippen molar-refractivity contribution in [1.29, 1.82) is 0 Å². The van der Waals surface area contributed by atoms with Crippen molar-refractivity contribution in [3.05, 3.63) is 52.8 Å². The lowest BCUT2D eigenvalue weighted by Crippen LogP contribution is -2.37. The number of ether oxygens (including phenoxy) is 1. The Morgan fingerprint density at radius 1 is 1.18 bits per heavy atom. The van der Waals surface area contributed by atoms with E-state index in [1.807, 2.05) is 12.1 Å². The van der Waals surface area contributed by atoms with E-state index in [0.29, 0.717) is 30.9 Å². The van der Waals surface area contributed by atoms with E-state index in [1.165, 1.54) is 0 Å². The van der Waals surface area contributed by atoms with Crippen molar-refractivity contribution in [3.8, 4) is 11.3 Å². The lowest BCUT2D eigenvalue weighted by Gasteiger charge is -2.30. The van der Waals surface area contributed by atoms with Crippen molar-refractivity contribution >= 4 is 6.01 Å². The summed E-state index contributed by atoms with van der Waals surface area (Å²) in [5.74, 6) is 0.916. The van der Waals surface area contributed by atoms with Crippen molar-refractivity contribution in [2.75, 3.05) is 25.1 Å². The van der Waals surface area contributed by atoms with Crippen molar-refractivity contribution in [2.45, 2.75) is 26.0 Å². The van der Waals surface area contributed by atoms with Gasteiger partial charge in [-0.3, -0.25) is 9.78 Å². The van der Waals surface area contributed by atoms with E-state index < -0.39 is 0 Å². The SMILES string of the molecule is COCc1noc(N2CCC(Cn3nc(-c4ccncc4)ccc3=O)CC2)n1. The summed E-state index contributed by atoms with van der Waals surface area (Å²) in [5.41, 5.74) is 1.64. The molecule has 9 nitrogen and oxygen atoms in total. The van der Waals surface area contributed by atoms with Gasteiger partial charge in [0.15, 0.2) is 5.82 Å². The van der Waals surface area contributed by atoms with Crippen LogP contribution in [0.15, 0.2) is 46.0 Å². The first-order chi connectivity index (χ1) is 13.7. The number of hydrogen-bond donors (Lipinski definition) is 0. The Morgan fingerprint density at radius 3 is 2.71 bits per heavy atom. The second kappa shape index (κ2) is 8.30. The molecule has 0 radical (unpaired) electrons. The summed E-state index contributed by atoms with van der Waals surface area (Å²) in [6.07, 6.45) is 5.29. The number of nitrogens with zero attached hydrogens (tertiary/aromatic N) is 6. The average Bonchev–Trinajstić information content (AvgIpc) is 3.20. The Hall–Kier alpha value is -3.07. The van der Waals surface area contributed by atoms with Crippen LogP contribution in [-0.4, -0.2) is 45.1 Å². The molecular weight excluding hydrogens is 360 g/mol. The fraction of sp³-hybridized carbons (Fsp3) is 0.421. The Labute approximate surface area is 162 Å². The molecule has 4 rings (SSSR count). The molecule has 0 amide bonds. The molecule has 0 N–H and O–H groups in total. The number of pyridine rings is 1. The molecule has 1 fully saturated rings. The zero-order valence-corrected chi connectivity index (χ0v) is 15.7. The Bertz CT molecular complexity index is 963. The summed E-state index contributed by atoms with van der Waals surface area (Å²) >= 11 is 0. The van der Waals surface area contributed by atoms with E-state index in [-0.39, 0.29) is 5.56 Å². The van der Waals surface area contributed by atoms with Gasteiger partial charge >= 0.3 is 6.01 Å². The number of rotatable bonds is 6. The highest BCUT2D eigenvalue weighted by Gasteiger charge is 2.24. The minimum absolute atomic E-state index is 0.0821. The molecule has 3 aromatic rings. The number of hydrogen-bond acceptors (Lipinski definition) is 8. The van der Waals surface area contributed by atoms with Crippen LogP contribution in [0.5, 0.6) is 0 Å². The number of piperidine rings is 1. The fourth-order valence-corrected chi connectivity index (χ4v) is 3.37. The van der Waals surface area contributed by atoms with Crippen molar-refractivity contribution in [3.63, 3.8) is 0 Å². The predicted molar refractivity (Wildman–Crippen MR) is 102 cm³/mol. The molecule has 1 saturated heterocycles. The van der Waals surface area contributed by atoms with E-state index in [2.05, 4.69) is 25.1 Å². The maximum Gasteiger partial charge on any atom is 0.324 e. The van der Waals surface area contributed by atoms with E-state index in [0.717, 1.165) is 37.2 Å². The molecule has 1 aliphatic rings. The molecule has 0 spiro atoms. The molecule has 4 heterocycles. The largest absolute Gasteiger partial charge is 0.377 e. The third-order valence-electron chi connectivity index (χ3n) is 4.89. The summed E-state index contributed by atoms with van der Waals surface area (Å²) in [4.78, 5) is 22.7. The molecule has 28 heavy (non-hydrogen) atoms. The number of methoxy groups -OCH3 is 1. The second-order valence-corrected chi connectivity index (χ2v) is 6.83. The molecule has 9 heteroatoms. The summed E-state index contributed by atoms with van der Waals surface area (Å²) in [5, 5.41) is 8.45. The highest BCUT2D eigenvalue weighted by Crippen LogP contribution is 2.23. The molecule has 0 bridgehead atoms. The fourth-order valence-electron chi connectivity index (χ4n) is 3.37. The molecule has 0 atom stereocenters. The van der Waals surface area contributed by atoms with Gasteiger partial charge in [0.05, 0.1) is 5.69 Å². The maximum atomic E-state index is 12.3. The Balaban J connectivity index is 1.40. The van der Waals surface area contributed by atoms with Gasteiger partial charge in [-0.15, -0.1) is 0 Å². The van der Waals surface area contributed by atoms with Crippen LogP contribution in [0.2, 0.25) is 0 Å². The van der Waals surface area contributed by atoms with E-state index in [4.69, 9.17) is 9.26 Å². The van der Waals surface area contributed by atoms with Gasteiger partial charge < -0.3 is 14.2 Å².